The summed E-state index contributed by atoms with van der Waals surface area (Å²) in [5.74, 6) is 0.0898. The Kier molecular flexibility index (Phi) is 27.2. The summed E-state index contributed by atoms with van der Waals surface area (Å²) in [6.07, 6.45) is 6.51. The van der Waals surface area contributed by atoms with Crippen LogP contribution in [0.3, 0.4) is 0 Å². The first kappa shape index (κ1) is 64.9. The fourth-order valence-corrected chi connectivity index (χ4v) is 7.34. The topological polar surface area (TPSA) is 290 Å². The van der Waals surface area contributed by atoms with E-state index in [1.807, 2.05) is 97.0 Å². The predicted octanol–water partition coefficient (Wildman–Crippen LogP) is 10.3. The van der Waals surface area contributed by atoms with Crippen LogP contribution in [0.25, 0.3) is 0 Å². The Morgan fingerprint density at radius 2 is 1.22 bits per heavy atom. The number of aromatic hydroxyl groups is 4. The molecule has 82 heavy (non-hydrogen) atoms. The fraction of sp³-hybridized carbons (Fsp3) is 0.100. The van der Waals surface area contributed by atoms with Crippen molar-refractivity contribution in [2.45, 2.75) is 26.2 Å². The number of phenolic OH excluding ortho intramolecular Hbond substituents is 4. The lowest BCUT2D eigenvalue weighted by molar-refractivity contribution is -0.380. The molecule has 0 bridgehead atoms. The third-order valence-corrected chi connectivity index (χ3v) is 11.8. The molecule has 1 aromatic heterocycles. The number of nitrogens with zero attached hydrogens (tertiary/aromatic N) is 6. The van der Waals surface area contributed by atoms with E-state index in [1.54, 1.807) is 85.2 Å². The zero-order chi connectivity index (χ0) is 58.5. The third-order valence-electron chi connectivity index (χ3n) is 10.9. The van der Waals surface area contributed by atoms with E-state index in [4.69, 9.17) is 28.9 Å². The highest BCUT2D eigenvalue weighted by molar-refractivity contribution is 9.10. The van der Waals surface area contributed by atoms with Crippen LogP contribution in [0.4, 0.5) is 17.2 Å². The van der Waals surface area contributed by atoms with Crippen LogP contribution >= 0.6 is 39.7 Å². The van der Waals surface area contributed by atoms with Gasteiger partial charge in [-0.15, -0.1) is 0 Å². The smallest absolute Gasteiger partial charge is 0.271 e. The second-order valence-corrected chi connectivity index (χ2v) is 19.3. The lowest BCUT2D eigenvalue weighted by Crippen LogP contribution is -2.56. The molecule has 22 heteroatoms. The highest BCUT2D eigenvalue weighted by atomic mass is 79.9. The lowest BCUT2D eigenvalue weighted by atomic mass is 10.0. The first-order valence-corrected chi connectivity index (χ1v) is 26.1. The number of para-hydroxylation sites is 1. The Hall–Kier alpha value is -9.67. The molecule has 1 heterocycles. The summed E-state index contributed by atoms with van der Waals surface area (Å²) < 4.78 is 0.860. The number of amides is 2. The maximum Gasteiger partial charge on any atom is 0.271 e. The summed E-state index contributed by atoms with van der Waals surface area (Å²) >= 11 is 14.2. The van der Waals surface area contributed by atoms with Crippen LogP contribution < -0.4 is 31.8 Å². The molecule has 0 unspecified atom stereocenters. The molecule has 0 aliphatic rings. The van der Waals surface area contributed by atoms with Crippen molar-refractivity contribution in [2.24, 2.45) is 20.4 Å². The first-order valence-electron chi connectivity index (χ1n) is 24.6. The van der Waals surface area contributed by atoms with Gasteiger partial charge >= 0.3 is 0 Å². The second kappa shape index (κ2) is 34.4. The van der Waals surface area contributed by atoms with Crippen LogP contribution in [-0.4, -0.2) is 86.6 Å². The van der Waals surface area contributed by atoms with Gasteiger partial charge in [0.1, 0.15) is 27.5 Å². The van der Waals surface area contributed by atoms with Crippen molar-refractivity contribution < 1.29 is 40.7 Å². The Bertz CT molecular complexity index is 3480. The van der Waals surface area contributed by atoms with E-state index in [0.717, 1.165) is 26.9 Å². The molecule has 0 fully saturated rings. The Labute approximate surface area is 492 Å². The minimum absolute atomic E-state index is 0. The molecule has 0 saturated heterocycles. The normalized spacial score (nSPS) is 10.6. The first-order chi connectivity index (χ1) is 39.0. The molecule has 0 aliphatic carbocycles. The molecule has 8 rings (SSSR count). The number of carbonyl (C=O) groups is 2. The van der Waals surface area contributed by atoms with Gasteiger partial charge < -0.3 is 30.8 Å². The van der Waals surface area contributed by atoms with Crippen LogP contribution in [0.5, 0.6) is 23.0 Å². The van der Waals surface area contributed by atoms with Gasteiger partial charge in [-0.2, -0.15) is 20.4 Å². The van der Waals surface area contributed by atoms with Gasteiger partial charge in [-0.25, -0.2) is 15.8 Å². The van der Waals surface area contributed by atoms with Crippen molar-refractivity contribution in [1.29, 1.82) is 0 Å². The highest BCUT2D eigenvalue weighted by Gasteiger charge is 2.10. The standard InChI is InChI=1S/C17H18N2O.C16H16BrN3O.C15H13N3O3S.C12H10ClN3O2.H2O/c1-13(2)15-10-8-14(9-11-15)12-18-19-17(20)16-6-4-3-5-7-16;1-20(2)15-8-6-12(7-9-15)11-18-19-16(21)13-4-3-5-14(17)10-13;19-13-6-5-10(7-14(13)20)9-16-17-15(22)8-11-3-1-2-4-12(11)18-21;13-11-2-1-3-12(15-11)16-14-7-8-4-5-9(17)6-10(8)18;/h3-13H,1-2H3,(H,19,20);3-11H,1-2H3,(H,19,21);1-7,9,19-20H,8H2,(H,17,22);1-7,17-18H,(H,15,16);1H2/b18-12-;18-11+;16-9+;14-7+;. The number of anilines is 2. The maximum absolute atomic E-state index is 11.9. The number of hydrogen-bond acceptors (Lipinski definition) is 16. The van der Waals surface area contributed by atoms with Gasteiger partial charge in [0, 0.05) is 75.1 Å². The molecular weight excluding hydrogens is 1150 g/mol. The van der Waals surface area contributed by atoms with Crippen molar-refractivity contribution in [1.82, 2.24) is 21.3 Å². The third kappa shape index (κ3) is 23.0. The number of hydrazone groups is 4. The molecule has 0 radical (unpaired) electrons. The summed E-state index contributed by atoms with van der Waals surface area (Å²) in [5, 5.41) is 55.2. The van der Waals surface area contributed by atoms with Crippen LogP contribution in [0.2, 0.25) is 5.15 Å². The molecule has 8 aromatic rings. The molecule has 7 aromatic carbocycles. The zero-order valence-electron chi connectivity index (χ0n) is 44.7. The average molecular weight is 1210 g/mol. The number of aromatic nitrogens is 1. The number of hydrogen-bond donors (Lipinski definition) is 9. The van der Waals surface area contributed by atoms with Crippen LogP contribution in [0, 0.1) is 4.91 Å². The van der Waals surface area contributed by atoms with Gasteiger partial charge in [-0.1, -0.05) is 139 Å². The Morgan fingerprint density at radius 3 is 1.83 bits per heavy atom. The Morgan fingerprint density at radius 1 is 0.634 bits per heavy atom. The number of pyridine rings is 1. The largest absolute Gasteiger partial charge is 0.870 e. The number of halogens is 2. The minimum atomic E-state index is -0.238. The Balaban J connectivity index is 0.000000235. The zero-order valence-corrected chi connectivity index (χ0v) is 47.9. The van der Waals surface area contributed by atoms with E-state index in [-0.39, 0.29) is 40.3 Å². The molecule has 0 atom stereocenters. The molecule has 2 amide bonds. The molecule has 0 aliphatic heterocycles. The van der Waals surface area contributed by atoms with E-state index in [9.17, 15) is 29.8 Å². The van der Waals surface area contributed by atoms with E-state index in [1.165, 1.54) is 42.3 Å². The molecule has 10 N–H and O–H groups in total. The molecular formula is C60H59BrClN11O8S. The number of thiocarbonyl (C=S) groups is 1. The van der Waals surface area contributed by atoms with Crippen LogP contribution in [0.1, 0.15) is 73.9 Å². The maximum atomic E-state index is 11.9. The summed E-state index contributed by atoms with van der Waals surface area (Å²) in [6.45, 7) is 4.31. The second-order valence-electron chi connectivity index (χ2n) is 17.5. The monoisotopic (exact) mass is 1210 g/mol. The van der Waals surface area contributed by atoms with E-state index in [2.05, 4.69) is 89.0 Å². The van der Waals surface area contributed by atoms with Gasteiger partial charge in [0.15, 0.2) is 11.5 Å². The highest BCUT2D eigenvalue weighted by Crippen LogP contribution is 2.24. The van der Waals surface area contributed by atoms with Crippen molar-refractivity contribution in [3.8, 4) is 23.0 Å². The van der Waals surface area contributed by atoms with Crippen molar-refractivity contribution in [2.75, 3.05) is 24.4 Å². The average Bonchev–Trinajstić information content (AvgIpc) is 3.50. The fourth-order valence-electron chi connectivity index (χ4n) is 6.57. The van der Waals surface area contributed by atoms with Crippen molar-refractivity contribution in [3.05, 3.63) is 241 Å². The molecule has 0 spiro atoms. The summed E-state index contributed by atoms with van der Waals surface area (Å²) in [5.41, 5.74) is 18.2. The van der Waals surface area contributed by atoms with Gasteiger partial charge in [-0.05, 0) is 113 Å². The van der Waals surface area contributed by atoms with E-state index < -0.39 is 0 Å². The molecule has 422 valence electrons. The summed E-state index contributed by atoms with van der Waals surface area (Å²) in [6, 6.07) is 52.9. The number of phenols is 4. The predicted molar refractivity (Wildman–Crippen MR) is 331 cm³/mol. The van der Waals surface area contributed by atoms with Gasteiger partial charge in [-0.3, -0.25) is 20.4 Å². The number of nitrogens with one attached hydrogen (secondary N) is 5. The lowest BCUT2D eigenvalue weighted by Gasteiger charge is -2.11. The summed E-state index contributed by atoms with van der Waals surface area (Å²) in [7, 11) is 3.97. The van der Waals surface area contributed by atoms with E-state index >= 15 is 0 Å². The number of benzene rings is 7. The number of nitroso groups, excluding NO2 is 1. The van der Waals surface area contributed by atoms with E-state index in [0.29, 0.717) is 56.2 Å². The molecule has 0 saturated carbocycles. The van der Waals surface area contributed by atoms with Crippen LogP contribution in [0.15, 0.2) is 207 Å². The van der Waals surface area contributed by atoms with Crippen molar-refractivity contribution >= 4 is 98.6 Å². The molecule has 19 nitrogen and oxygen atoms in total. The summed E-state index contributed by atoms with van der Waals surface area (Å²) in [4.78, 5) is 40.9. The number of carbonyl (C=O) groups excluding carboxylic acids is 2. The van der Waals surface area contributed by atoms with Crippen molar-refractivity contribution in [3.63, 3.8) is 0 Å². The van der Waals surface area contributed by atoms with Gasteiger partial charge in [0.05, 0.1) is 24.9 Å². The quantitative estimate of drug-likeness (QED) is 0.0143. The number of rotatable bonds is 16. The van der Waals surface area contributed by atoms with Gasteiger partial charge in [0.2, 0.25) is 0 Å². The minimum Gasteiger partial charge on any atom is -0.870 e. The SMILES string of the molecule is CC(C)c1ccc(/C=N\NC(=O)c2ccccc2)cc1.CN(C)c1ccc(/C=N/NC(=O)c2cccc(Br)c2)cc1.O=[NH+]c1ccccc1CC(=S)N/N=C/c1ccc(O)c(O)c1.Oc1ccc(/C=N/Nc2cccc(Cl)n2)c(O)c1.[OH-]. The van der Waals surface area contributed by atoms with Crippen LogP contribution in [-0.2, 0) is 6.42 Å². The van der Waals surface area contributed by atoms with Gasteiger partial charge in [0.25, 0.3) is 17.5 Å².